The van der Waals surface area contributed by atoms with E-state index in [1.165, 1.54) is 6.42 Å². The topological polar surface area (TPSA) is 20.2 Å². The highest BCUT2D eigenvalue weighted by Gasteiger charge is 2.01. The molecule has 0 aliphatic rings. The Morgan fingerprint density at radius 2 is 1.91 bits per heavy atom. The van der Waals surface area contributed by atoms with Crippen molar-refractivity contribution in [3.05, 3.63) is 12.2 Å². The third-order valence-electron chi connectivity index (χ3n) is 1.87. The number of aliphatic hydroxyl groups excluding tert-OH is 1. The number of aliphatic hydroxyl groups is 1. The van der Waals surface area contributed by atoms with Crippen LogP contribution in [0.1, 0.15) is 40.0 Å². The van der Waals surface area contributed by atoms with Crippen LogP contribution in [0.3, 0.4) is 0 Å². The molecule has 1 nitrogen and oxygen atoms in total. The summed E-state index contributed by atoms with van der Waals surface area (Å²) in [5, 5.41) is 9.09. The van der Waals surface area contributed by atoms with Crippen molar-refractivity contribution in [1.29, 1.82) is 0 Å². The predicted molar refractivity (Wildman–Crippen MR) is 49.5 cm³/mol. The number of hydrogen-bond acceptors (Lipinski definition) is 1. The first-order valence-corrected chi connectivity index (χ1v) is 4.39. The van der Waals surface area contributed by atoms with E-state index in [0.717, 1.165) is 24.3 Å². The first-order valence-electron chi connectivity index (χ1n) is 4.39. The molecule has 11 heavy (non-hydrogen) atoms. The Kier molecular flexibility index (Phi) is 5.22. The summed E-state index contributed by atoms with van der Waals surface area (Å²) in [5.41, 5.74) is 0.964. The molecule has 0 heterocycles. The molecule has 0 saturated heterocycles. The maximum Gasteiger partial charge on any atom is 0.0719 e. The largest absolute Gasteiger partial charge is 0.389 e. The van der Waals surface area contributed by atoms with Crippen LogP contribution in [-0.4, -0.2) is 11.2 Å². The van der Waals surface area contributed by atoms with Gasteiger partial charge in [-0.2, -0.15) is 0 Å². The van der Waals surface area contributed by atoms with Gasteiger partial charge in [0, 0.05) is 0 Å². The van der Waals surface area contributed by atoms with E-state index >= 15 is 0 Å². The second kappa shape index (κ2) is 5.36. The monoisotopic (exact) mass is 156 g/mol. The normalized spacial score (nSPS) is 13.5. The SMILES string of the molecule is C=C(CCCC(C)C)C(C)O. The van der Waals surface area contributed by atoms with Crippen molar-refractivity contribution in [2.24, 2.45) is 5.92 Å². The minimum atomic E-state index is -0.331. The molecule has 0 fully saturated rings. The van der Waals surface area contributed by atoms with Gasteiger partial charge in [-0.15, -0.1) is 0 Å². The fraction of sp³-hybridized carbons (Fsp3) is 0.800. The summed E-state index contributed by atoms with van der Waals surface area (Å²) in [6.45, 7) is 10.0. The van der Waals surface area contributed by atoms with Crippen LogP contribution in [0, 0.1) is 5.92 Å². The van der Waals surface area contributed by atoms with Crippen molar-refractivity contribution in [3.63, 3.8) is 0 Å². The van der Waals surface area contributed by atoms with Crippen LogP contribution < -0.4 is 0 Å². The number of rotatable bonds is 5. The lowest BCUT2D eigenvalue weighted by Gasteiger charge is -2.09. The van der Waals surface area contributed by atoms with E-state index in [1.54, 1.807) is 6.92 Å². The van der Waals surface area contributed by atoms with Crippen LogP contribution >= 0.6 is 0 Å². The molecule has 1 atom stereocenters. The van der Waals surface area contributed by atoms with Crippen molar-refractivity contribution in [1.82, 2.24) is 0 Å². The van der Waals surface area contributed by atoms with Crippen LogP contribution in [-0.2, 0) is 0 Å². The van der Waals surface area contributed by atoms with E-state index in [4.69, 9.17) is 5.11 Å². The van der Waals surface area contributed by atoms with E-state index in [9.17, 15) is 0 Å². The van der Waals surface area contributed by atoms with Gasteiger partial charge in [-0.3, -0.25) is 0 Å². The molecule has 0 amide bonds. The summed E-state index contributed by atoms with van der Waals surface area (Å²) in [7, 11) is 0. The summed E-state index contributed by atoms with van der Waals surface area (Å²) in [6.07, 6.45) is 3.02. The average Bonchev–Trinajstić information content (AvgIpc) is 1.86. The molecular formula is C10H20O. The van der Waals surface area contributed by atoms with Gasteiger partial charge in [-0.1, -0.05) is 26.8 Å². The van der Waals surface area contributed by atoms with Crippen molar-refractivity contribution >= 4 is 0 Å². The van der Waals surface area contributed by atoms with E-state index in [-0.39, 0.29) is 6.10 Å². The van der Waals surface area contributed by atoms with Gasteiger partial charge in [-0.05, 0) is 31.3 Å². The average molecular weight is 156 g/mol. The van der Waals surface area contributed by atoms with Gasteiger partial charge >= 0.3 is 0 Å². The molecule has 66 valence electrons. The summed E-state index contributed by atoms with van der Waals surface area (Å²) in [5.74, 6) is 0.761. The Bertz CT molecular complexity index is 114. The first-order chi connectivity index (χ1) is 5.04. The Balaban J connectivity index is 3.32. The van der Waals surface area contributed by atoms with Crippen molar-refractivity contribution in [2.75, 3.05) is 0 Å². The van der Waals surface area contributed by atoms with E-state index in [2.05, 4.69) is 20.4 Å². The van der Waals surface area contributed by atoms with Crippen LogP contribution in [0.4, 0.5) is 0 Å². The van der Waals surface area contributed by atoms with E-state index in [0.29, 0.717) is 0 Å². The minimum Gasteiger partial charge on any atom is -0.389 e. The second-order valence-corrected chi connectivity index (χ2v) is 3.62. The lowest BCUT2D eigenvalue weighted by atomic mass is 10.0. The van der Waals surface area contributed by atoms with Crippen LogP contribution in [0.2, 0.25) is 0 Å². The summed E-state index contributed by atoms with van der Waals surface area (Å²) < 4.78 is 0. The molecule has 0 radical (unpaired) electrons. The van der Waals surface area contributed by atoms with Gasteiger partial charge < -0.3 is 5.11 Å². The Morgan fingerprint density at radius 1 is 1.36 bits per heavy atom. The molecule has 1 N–H and O–H groups in total. The van der Waals surface area contributed by atoms with E-state index in [1.807, 2.05) is 0 Å². The molecule has 0 saturated carbocycles. The molecule has 1 unspecified atom stereocenters. The fourth-order valence-electron chi connectivity index (χ4n) is 0.946. The Morgan fingerprint density at radius 3 is 2.27 bits per heavy atom. The zero-order valence-electron chi connectivity index (χ0n) is 7.93. The summed E-state index contributed by atoms with van der Waals surface area (Å²) in [6, 6.07) is 0. The fourth-order valence-corrected chi connectivity index (χ4v) is 0.946. The molecule has 0 aliphatic heterocycles. The third-order valence-corrected chi connectivity index (χ3v) is 1.87. The summed E-state index contributed by atoms with van der Waals surface area (Å²) >= 11 is 0. The smallest absolute Gasteiger partial charge is 0.0719 e. The van der Waals surface area contributed by atoms with Gasteiger partial charge in [0.2, 0.25) is 0 Å². The van der Waals surface area contributed by atoms with Gasteiger partial charge in [-0.25, -0.2) is 0 Å². The van der Waals surface area contributed by atoms with Crippen LogP contribution in [0.5, 0.6) is 0 Å². The van der Waals surface area contributed by atoms with Crippen molar-refractivity contribution in [3.8, 4) is 0 Å². The first kappa shape index (κ1) is 10.7. The molecule has 1 heteroatoms. The zero-order valence-corrected chi connectivity index (χ0v) is 7.93. The van der Waals surface area contributed by atoms with Gasteiger partial charge in [0.1, 0.15) is 0 Å². The highest BCUT2D eigenvalue weighted by atomic mass is 16.3. The molecule has 0 aromatic carbocycles. The lowest BCUT2D eigenvalue weighted by Crippen LogP contribution is -2.03. The van der Waals surface area contributed by atoms with Gasteiger partial charge in [0.05, 0.1) is 6.10 Å². The van der Waals surface area contributed by atoms with Crippen LogP contribution in [0.15, 0.2) is 12.2 Å². The maximum absolute atomic E-state index is 9.09. The molecule has 0 spiro atoms. The molecule has 0 rings (SSSR count). The molecule has 0 aromatic rings. The second-order valence-electron chi connectivity index (χ2n) is 3.62. The van der Waals surface area contributed by atoms with Crippen LogP contribution in [0.25, 0.3) is 0 Å². The molecule has 0 aromatic heterocycles. The quantitative estimate of drug-likeness (QED) is 0.607. The highest BCUT2D eigenvalue weighted by Crippen LogP contribution is 2.12. The Labute approximate surface area is 70.1 Å². The Hall–Kier alpha value is -0.300. The van der Waals surface area contributed by atoms with Crippen molar-refractivity contribution in [2.45, 2.75) is 46.1 Å². The highest BCUT2D eigenvalue weighted by molar-refractivity contribution is 4.99. The van der Waals surface area contributed by atoms with E-state index < -0.39 is 0 Å². The molecular weight excluding hydrogens is 136 g/mol. The zero-order chi connectivity index (χ0) is 8.85. The third kappa shape index (κ3) is 6.11. The van der Waals surface area contributed by atoms with Gasteiger partial charge in [0.25, 0.3) is 0 Å². The lowest BCUT2D eigenvalue weighted by molar-refractivity contribution is 0.226. The minimum absolute atomic E-state index is 0.331. The summed E-state index contributed by atoms with van der Waals surface area (Å²) in [4.78, 5) is 0. The standard InChI is InChI=1S/C10H20O/c1-8(2)6-5-7-9(3)10(4)11/h8,10-11H,3,5-7H2,1-2,4H3. The predicted octanol–water partition coefficient (Wildman–Crippen LogP) is 2.75. The van der Waals surface area contributed by atoms with Gasteiger partial charge in [0.15, 0.2) is 0 Å². The molecule has 0 aliphatic carbocycles. The molecule has 0 bridgehead atoms. The number of hydrogen-bond donors (Lipinski definition) is 1. The van der Waals surface area contributed by atoms with Crippen molar-refractivity contribution < 1.29 is 5.11 Å². The maximum atomic E-state index is 9.09.